The van der Waals surface area contributed by atoms with E-state index in [0.717, 1.165) is 5.65 Å². The van der Waals surface area contributed by atoms with E-state index in [1.54, 1.807) is 6.33 Å². The summed E-state index contributed by atoms with van der Waals surface area (Å²) in [7, 11) is 0. The molecule has 0 N–H and O–H groups in total. The predicted octanol–water partition coefficient (Wildman–Crippen LogP) is -0.540. The van der Waals surface area contributed by atoms with E-state index >= 15 is 0 Å². The molecule has 86 valence electrons. The first-order chi connectivity index (χ1) is 7.86. The average molecular weight is 440 g/mol. The van der Waals surface area contributed by atoms with Crippen LogP contribution in [0.1, 0.15) is 18.9 Å². The van der Waals surface area contributed by atoms with Crippen molar-refractivity contribution in [3.63, 3.8) is 0 Å². The van der Waals surface area contributed by atoms with Crippen LogP contribution in [-0.2, 0) is 0 Å². The molecule has 5 heteroatoms. The standard InChI is InChI=1S/C11H12I2N3/c12-10-6-16(8-1-3-13-4-2-8)11-9(10)5-14-7-15-11/h5-8H,1-4H2/q-1. The zero-order valence-electron chi connectivity index (χ0n) is 8.74. The van der Waals surface area contributed by atoms with E-state index in [-0.39, 0.29) is 0 Å². The molecule has 3 rings (SSSR count). The van der Waals surface area contributed by atoms with E-state index in [2.05, 4.69) is 43.3 Å². The Balaban J connectivity index is 2.08. The Labute approximate surface area is 118 Å². The fourth-order valence-corrected chi connectivity index (χ4v) is 5.69. The molecule has 2 aromatic heterocycles. The minimum atomic E-state index is 0.510. The maximum absolute atomic E-state index is 4.43. The number of hydrogen-bond donors (Lipinski definition) is 0. The minimum absolute atomic E-state index is 0.510. The molecular weight excluding hydrogens is 428 g/mol. The monoisotopic (exact) mass is 440 g/mol. The van der Waals surface area contributed by atoms with Crippen molar-refractivity contribution < 1.29 is 21.2 Å². The van der Waals surface area contributed by atoms with Crippen LogP contribution in [0.3, 0.4) is 0 Å². The normalized spacial score (nSPS) is 18.6. The van der Waals surface area contributed by atoms with Crippen molar-refractivity contribution in [3.8, 4) is 0 Å². The van der Waals surface area contributed by atoms with Crippen LogP contribution in [0.2, 0.25) is 0 Å². The van der Waals surface area contributed by atoms with E-state index < -0.39 is 0 Å². The number of nitrogens with zero attached hydrogens (tertiary/aromatic N) is 3. The molecule has 0 unspecified atom stereocenters. The van der Waals surface area contributed by atoms with Crippen LogP contribution < -0.4 is 21.2 Å². The molecule has 3 nitrogen and oxygen atoms in total. The molecule has 0 aromatic carbocycles. The van der Waals surface area contributed by atoms with E-state index in [0.29, 0.717) is 27.2 Å². The van der Waals surface area contributed by atoms with Crippen molar-refractivity contribution in [1.29, 1.82) is 0 Å². The Morgan fingerprint density at radius 1 is 1.38 bits per heavy atom. The quantitative estimate of drug-likeness (QED) is 0.441. The van der Waals surface area contributed by atoms with Crippen molar-refractivity contribution >= 4 is 33.6 Å². The molecule has 1 fully saturated rings. The first-order valence-corrected chi connectivity index (χ1v) is 9.49. The van der Waals surface area contributed by atoms with Crippen LogP contribution in [-0.4, -0.2) is 23.4 Å². The number of rotatable bonds is 1. The fourth-order valence-electron chi connectivity index (χ4n) is 2.15. The number of aromatic nitrogens is 3. The topological polar surface area (TPSA) is 30.7 Å². The average Bonchev–Trinajstić information content (AvgIpc) is 2.69. The summed E-state index contributed by atoms with van der Waals surface area (Å²) in [5.41, 5.74) is 1.12. The Morgan fingerprint density at radius 3 is 3.00 bits per heavy atom. The summed E-state index contributed by atoms with van der Waals surface area (Å²) in [4.78, 5) is 8.54. The predicted molar refractivity (Wildman–Crippen MR) is 68.3 cm³/mol. The number of fused-ring (bicyclic) bond motifs is 1. The van der Waals surface area contributed by atoms with Gasteiger partial charge in [-0.2, -0.15) is 0 Å². The van der Waals surface area contributed by atoms with E-state index in [4.69, 9.17) is 0 Å². The van der Waals surface area contributed by atoms with Crippen LogP contribution in [0.25, 0.3) is 11.0 Å². The van der Waals surface area contributed by atoms with E-state index in [1.165, 1.54) is 30.7 Å². The number of halogens is 2. The SMILES string of the molecule is Ic1cn(C2CC[I-]CC2)c2ncncc12. The van der Waals surface area contributed by atoms with Crippen LogP contribution in [0.5, 0.6) is 0 Å². The molecule has 3 heterocycles. The third-order valence-electron chi connectivity index (χ3n) is 2.99. The Bertz CT molecular complexity index is 503. The van der Waals surface area contributed by atoms with Gasteiger partial charge in [-0.15, -0.1) is 0 Å². The molecule has 2 aromatic rings. The van der Waals surface area contributed by atoms with Crippen molar-refractivity contribution in [3.05, 3.63) is 22.3 Å². The van der Waals surface area contributed by atoms with Crippen LogP contribution in [0, 0.1) is 3.57 Å². The van der Waals surface area contributed by atoms with Crippen LogP contribution in [0.4, 0.5) is 0 Å². The van der Waals surface area contributed by atoms with E-state index in [9.17, 15) is 0 Å². The zero-order chi connectivity index (χ0) is 11.0. The second-order valence-electron chi connectivity index (χ2n) is 3.94. The van der Waals surface area contributed by atoms with Crippen molar-refractivity contribution in [2.75, 3.05) is 8.86 Å². The molecule has 1 aliphatic rings. The molecule has 1 saturated heterocycles. The maximum atomic E-state index is 4.43. The zero-order valence-corrected chi connectivity index (χ0v) is 13.1. The van der Waals surface area contributed by atoms with Gasteiger partial charge in [-0.3, -0.25) is 0 Å². The summed E-state index contributed by atoms with van der Waals surface area (Å²) in [6.45, 7) is 0. The summed E-state index contributed by atoms with van der Waals surface area (Å²) in [6, 6.07) is 0.675. The van der Waals surface area contributed by atoms with Gasteiger partial charge >= 0.3 is 119 Å². The van der Waals surface area contributed by atoms with Crippen molar-refractivity contribution in [1.82, 2.24) is 14.5 Å². The third kappa shape index (κ3) is 1.96. The third-order valence-corrected chi connectivity index (χ3v) is 6.62. The molecule has 16 heavy (non-hydrogen) atoms. The molecule has 0 aliphatic carbocycles. The number of hydrogen-bond acceptors (Lipinski definition) is 2. The Hall–Kier alpha value is 0.0800. The Kier molecular flexibility index (Phi) is 3.32. The fraction of sp³-hybridized carbons (Fsp3) is 0.455. The van der Waals surface area contributed by atoms with Crippen molar-refractivity contribution in [2.45, 2.75) is 18.9 Å². The van der Waals surface area contributed by atoms with Gasteiger partial charge in [0.1, 0.15) is 0 Å². The van der Waals surface area contributed by atoms with Crippen LogP contribution in [0.15, 0.2) is 18.7 Å². The van der Waals surface area contributed by atoms with Gasteiger partial charge in [0, 0.05) is 0 Å². The molecule has 0 radical (unpaired) electrons. The van der Waals surface area contributed by atoms with Crippen molar-refractivity contribution in [2.24, 2.45) is 0 Å². The summed E-state index contributed by atoms with van der Waals surface area (Å²) in [5.74, 6) is 0. The summed E-state index contributed by atoms with van der Waals surface area (Å²) < 4.78 is 6.57. The van der Waals surface area contributed by atoms with Gasteiger partial charge in [0.2, 0.25) is 0 Å². The Morgan fingerprint density at radius 2 is 2.19 bits per heavy atom. The second kappa shape index (κ2) is 4.75. The van der Waals surface area contributed by atoms with E-state index in [1.807, 2.05) is 6.20 Å². The van der Waals surface area contributed by atoms with Gasteiger partial charge in [-0.1, -0.05) is 0 Å². The molecule has 0 atom stereocenters. The van der Waals surface area contributed by atoms with Gasteiger partial charge in [0.05, 0.1) is 0 Å². The second-order valence-corrected chi connectivity index (χ2v) is 8.34. The first kappa shape index (κ1) is 11.2. The number of alkyl halides is 2. The molecule has 0 spiro atoms. The van der Waals surface area contributed by atoms with Gasteiger partial charge in [-0.05, 0) is 0 Å². The summed E-state index contributed by atoms with van der Waals surface area (Å²) in [5, 5.41) is 1.20. The van der Waals surface area contributed by atoms with Crippen LogP contribution >= 0.6 is 22.6 Å². The van der Waals surface area contributed by atoms with Gasteiger partial charge in [-0.25, -0.2) is 0 Å². The molecule has 0 saturated carbocycles. The summed E-state index contributed by atoms with van der Waals surface area (Å²) >= 11 is 2.89. The molecule has 1 aliphatic heterocycles. The van der Waals surface area contributed by atoms with Gasteiger partial charge in [0.15, 0.2) is 0 Å². The molecule has 0 bridgehead atoms. The molecular formula is C11H12I2N3-. The van der Waals surface area contributed by atoms with Gasteiger partial charge < -0.3 is 0 Å². The molecule has 0 amide bonds. The first-order valence-electron chi connectivity index (χ1n) is 5.36. The summed E-state index contributed by atoms with van der Waals surface area (Å²) in [6.07, 6.45) is 8.52. The van der Waals surface area contributed by atoms with Gasteiger partial charge in [0.25, 0.3) is 0 Å².